The Morgan fingerprint density at radius 3 is 2.65 bits per heavy atom. The van der Waals surface area contributed by atoms with Gasteiger partial charge in [-0.25, -0.2) is 0 Å². The number of hydrogen-bond donors (Lipinski definition) is 3. The van der Waals surface area contributed by atoms with Crippen molar-refractivity contribution in [2.45, 2.75) is 6.10 Å². The van der Waals surface area contributed by atoms with Crippen molar-refractivity contribution in [3.63, 3.8) is 0 Å². The molecular weight excluding hydrogens is 326 g/mol. The van der Waals surface area contributed by atoms with Gasteiger partial charge in [-0.1, -0.05) is 54.6 Å². The van der Waals surface area contributed by atoms with Crippen LogP contribution in [-0.4, -0.2) is 21.2 Å². The van der Waals surface area contributed by atoms with Crippen molar-refractivity contribution in [3.8, 4) is 0 Å². The molecule has 3 N–H and O–H groups in total. The van der Waals surface area contributed by atoms with Gasteiger partial charge in [0, 0.05) is 11.9 Å². The Balaban J connectivity index is 1.64. The van der Waals surface area contributed by atoms with Gasteiger partial charge in [0.1, 0.15) is 11.8 Å². The van der Waals surface area contributed by atoms with Crippen LogP contribution < -0.4 is 5.32 Å². The van der Waals surface area contributed by atoms with Crippen LogP contribution in [0.4, 0.5) is 5.69 Å². The second kappa shape index (κ2) is 6.82. The number of aromatic nitrogens is 2. The zero-order valence-corrected chi connectivity index (χ0v) is 13.9. The van der Waals surface area contributed by atoms with Gasteiger partial charge >= 0.3 is 0 Å². The predicted molar refractivity (Wildman–Crippen MR) is 101 cm³/mol. The molecule has 0 aliphatic heterocycles. The molecule has 0 aliphatic carbocycles. The number of fused-ring (bicyclic) bond motifs is 1. The highest BCUT2D eigenvalue weighted by Crippen LogP contribution is 2.30. The highest BCUT2D eigenvalue weighted by Gasteiger charge is 2.15. The number of amides is 1. The van der Waals surface area contributed by atoms with E-state index < -0.39 is 6.10 Å². The van der Waals surface area contributed by atoms with Gasteiger partial charge in [0.2, 0.25) is 0 Å². The lowest BCUT2D eigenvalue weighted by atomic mass is 9.95. The van der Waals surface area contributed by atoms with Gasteiger partial charge in [-0.3, -0.25) is 9.89 Å². The van der Waals surface area contributed by atoms with E-state index in [9.17, 15) is 9.90 Å². The predicted octanol–water partition coefficient (Wildman–Crippen LogP) is 3.90. The lowest BCUT2D eigenvalue weighted by molar-refractivity contribution is 0.102. The summed E-state index contributed by atoms with van der Waals surface area (Å²) >= 11 is 0. The molecule has 1 atom stereocenters. The molecule has 1 aromatic heterocycles. The number of aromatic amines is 1. The Bertz CT molecular complexity index is 1050. The first-order valence-corrected chi connectivity index (χ1v) is 8.29. The van der Waals surface area contributed by atoms with Crippen molar-refractivity contribution in [2.75, 3.05) is 5.32 Å². The highest BCUT2D eigenvalue weighted by atomic mass is 16.3. The number of nitrogens with zero attached hydrogens (tertiary/aromatic N) is 1. The van der Waals surface area contributed by atoms with Gasteiger partial charge < -0.3 is 10.4 Å². The zero-order valence-electron chi connectivity index (χ0n) is 13.9. The maximum atomic E-state index is 12.2. The van der Waals surface area contributed by atoms with Crippen molar-refractivity contribution >= 4 is 22.4 Å². The molecule has 0 bridgehead atoms. The molecular formula is C21H17N3O2. The third-order valence-corrected chi connectivity index (χ3v) is 4.32. The Morgan fingerprint density at radius 2 is 1.81 bits per heavy atom. The van der Waals surface area contributed by atoms with Crippen molar-refractivity contribution in [3.05, 3.63) is 95.8 Å². The molecule has 128 valence electrons. The number of rotatable bonds is 4. The fraction of sp³-hybridized carbons (Fsp3) is 0.0476. The molecule has 4 rings (SSSR count). The summed E-state index contributed by atoms with van der Waals surface area (Å²) in [5, 5.41) is 22.2. The topological polar surface area (TPSA) is 78.0 Å². The Morgan fingerprint density at radius 1 is 1.00 bits per heavy atom. The molecule has 0 fully saturated rings. The number of nitrogens with one attached hydrogen (secondary N) is 2. The Kier molecular flexibility index (Phi) is 4.21. The van der Waals surface area contributed by atoms with Crippen LogP contribution in [0.2, 0.25) is 0 Å². The molecule has 26 heavy (non-hydrogen) atoms. The van der Waals surface area contributed by atoms with Crippen LogP contribution in [0.1, 0.15) is 27.7 Å². The van der Waals surface area contributed by atoms with Crippen molar-refractivity contribution in [1.29, 1.82) is 0 Å². The molecule has 1 amide bonds. The molecule has 0 aliphatic rings. The van der Waals surface area contributed by atoms with Crippen LogP contribution in [0, 0.1) is 0 Å². The molecule has 3 aromatic carbocycles. The minimum absolute atomic E-state index is 0.278. The summed E-state index contributed by atoms with van der Waals surface area (Å²) in [5.41, 5.74) is 2.54. The third kappa shape index (κ3) is 3.08. The van der Waals surface area contributed by atoms with Crippen LogP contribution in [-0.2, 0) is 0 Å². The average Bonchev–Trinajstić information content (AvgIpc) is 3.22. The summed E-state index contributed by atoms with van der Waals surface area (Å²) in [6, 6.07) is 22.7. The van der Waals surface area contributed by atoms with E-state index >= 15 is 0 Å². The van der Waals surface area contributed by atoms with Crippen LogP contribution in [0.3, 0.4) is 0 Å². The lowest BCUT2D eigenvalue weighted by Gasteiger charge is -2.15. The Hall–Kier alpha value is -3.44. The molecule has 0 saturated heterocycles. The van der Waals surface area contributed by atoms with Crippen molar-refractivity contribution in [1.82, 2.24) is 10.2 Å². The highest BCUT2D eigenvalue weighted by molar-refractivity contribution is 6.02. The fourth-order valence-corrected chi connectivity index (χ4v) is 3.04. The summed E-state index contributed by atoms with van der Waals surface area (Å²) in [7, 11) is 0. The fourth-order valence-electron chi connectivity index (χ4n) is 3.04. The monoisotopic (exact) mass is 343 g/mol. The van der Waals surface area contributed by atoms with Crippen LogP contribution >= 0.6 is 0 Å². The summed E-state index contributed by atoms with van der Waals surface area (Å²) in [6.45, 7) is 0. The van der Waals surface area contributed by atoms with E-state index in [0.29, 0.717) is 16.9 Å². The smallest absolute Gasteiger partial charge is 0.273 e. The van der Waals surface area contributed by atoms with Crippen LogP contribution in [0.5, 0.6) is 0 Å². The minimum atomic E-state index is -0.787. The normalized spacial score (nSPS) is 12.0. The van der Waals surface area contributed by atoms with Gasteiger partial charge in [0.25, 0.3) is 5.91 Å². The molecule has 5 heteroatoms. The number of carbonyl (C=O) groups excluding carboxylic acids is 1. The van der Waals surface area contributed by atoms with E-state index in [-0.39, 0.29) is 5.91 Å². The van der Waals surface area contributed by atoms with Gasteiger partial charge in [-0.05, 0) is 40.1 Å². The number of anilines is 1. The second-order valence-electron chi connectivity index (χ2n) is 6.02. The van der Waals surface area contributed by atoms with Gasteiger partial charge in [-0.2, -0.15) is 5.10 Å². The van der Waals surface area contributed by atoms with E-state index in [1.165, 1.54) is 6.20 Å². The number of aliphatic hydroxyl groups is 1. The number of benzene rings is 3. The largest absolute Gasteiger partial charge is 0.384 e. The van der Waals surface area contributed by atoms with Crippen LogP contribution in [0.15, 0.2) is 79.0 Å². The number of carbonyl (C=O) groups is 1. The maximum absolute atomic E-state index is 12.2. The quantitative estimate of drug-likeness (QED) is 0.526. The summed E-state index contributed by atoms with van der Waals surface area (Å²) in [5.74, 6) is -0.278. The van der Waals surface area contributed by atoms with E-state index in [1.807, 2.05) is 54.6 Å². The Labute approximate surface area is 150 Å². The average molecular weight is 343 g/mol. The molecule has 0 saturated carbocycles. The third-order valence-electron chi connectivity index (χ3n) is 4.32. The van der Waals surface area contributed by atoms with Gasteiger partial charge in [-0.15, -0.1) is 0 Å². The van der Waals surface area contributed by atoms with E-state index in [2.05, 4.69) is 15.5 Å². The van der Waals surface area contributed by atoms with E-state index in [1.54, 1.807) is 18.2 Å². The SMILES string of the molecule is O=C(Nc1cccc(C(O)c2cccc3ccccc23)c1)c1ccn[nH]1. The second-order valence-corrected chi connectivity index (χ2v) is 6.02. The maximum Gasteiger partial charge on any atom is 0.273 e. The molecule has 5 nitrogen and oxygen atoms in total. The lowest BCUT2D eigenvalue weighted by Crippen LogP contribution is -2.12. The standard InChI is InChI=1S/C21H17N3O2/c25-20(18-10-4-6-14-5-1-2-9-17(14)18)15-7-3-8-16(13-15)23-21(26)19-11-12-22-24-19/h1-13,20,25H,(H,22,24)(H,23,26). The first kappa shape index (κ1) is 16.1. The first-order valence-electron chi connectivity index (χ1n) is 8.29. The van der Waals surface area contributed by atoms with Crippen LogP contribution in [0.25, 0.3) is 10.8 Å². The summed E-state index contributed by atoms with van der Waals surface area (Å²) in [4.78, 5) is 12.2. The molecule has 4 aromatic rings. The summed E-state index contributed by atoms with van der Waals surface area (Å²) in [6.07, 6.45) is 0.736. The van der Waals surface area contributed by atoms with Gasteiger partial charge in [0.15, 0.2) is 0 Å². The minimum Gasteiger partial charge on any atom is -0.384 e. The van der Waals surface area contributed by atoms with Crippen molar-refractivity contribution < 1.29 is 9.90 Å². The number of H-pyrrole nitrogens is 1. The van der Waals surface area contributed by atoms with Crippen molar-refractivity contribution in [2.24, 2.45) is 0 Å². The number of hydrogen-bond acceptors (Lipinski definition) is 3. The summed E-state index contributed by atoms with van der Waals surface area (Å²) < 4.78 is 0. The molecule has 1 heterocycles. The number of aliphatic hydroxyl groups excluding tert-OH is 1. The first-order chi connectivity index (χ1) is 12.7. The molecule has 0 spiro atoms. The molecule has 0 radical (unpaired) electrons. The van der Waals surface area contributed by atoms with Gasteiger partial charge in [0.05, 0.1) is 0 Å². The molecule has 1 unspecified atom stereocenters. The van der Waals surface area contributed by atoms with E-state index in [0.717, 1.165) is 16.3 Å². The van der Waals surface area contributed by atoms with E-state index in [4.69, 9.17) is 0 Å². The zero-order chi connectivity index (χ0) is 17.9.